The van der Waals surface area contributed by atoms with Crippen LogP contribution in [0.2, 0.25) is 0 Å². The SMILES string of the molecule is CC(C)(C)OC(=O)N1CCNCC1c1cccnc1N1CCCC1. The summed E-state index contributed by atoms with van der Waals surface area (Å²) in [6.45, 7) is 9.95. The summed E-state index contributed by atoms with van der Waals surface area (Å²) in [5.74, 6) is 1.01. The minimum Gasteiger partial charge on any atom is -0.444 e. The van der Waals surface area contributed by atoms with Gasteiger partial charge >= 0.3 is 6.09 Å². The van der Waals surface area contributed by atoms with Crippen LogP contribution in [0, 0.1) is 0 Å². The lowest BCUT2D eigenvalue weighted by molar-refractivity contribution is 0.0118. The van der Waals surface area contributed by atoms with Crippen LogP contribution >= 0.6 is 0 Å². The number of piperazine rings is 1. The molecule has 2 aliphatic heterocycles. The standard InChI is InChI=1S/C18H28N4O2/c1-18(2,3)24-17(23)22-12-9-19-13-15(22)14-7-6-8-20-16(14)21-10-4-5-11-21/h6-8,15,19H,4-5,9-13H2,1-3H3. The molecule has 0 radical (unpaired) electrons. The van der Waals surface area contributed by atoms with Crippen molar-refractivity contribution in [2.24, 2.45) is 0 Å². The summed E-state index contributed by atoms with van der Waals surface area (Å²) in [5.41, 5.74) is 0.622. The van der Waals surface area contributed by atoms with Gasteiger partial charge in [0.15, 0.2) is 0 Å². The van der Waals surface area contributed by atoms with Gasteiger partial charge in [-0.05, 0) is 39.7 Å². The van der Waals surface area contributed by atoms with Crippen molar-refractivity contribution >= 4 is 11.9 Å². The van der Waals surface area contributed by atoms with E-state index in [1.54, 1.807) is 0 Å². The molecular weight excluding hydrogens is 304 g/mol. The molecule has 0 aliphatic carbocycles. The second-order valence-electron chi connectivity index (χ2n) is 7.50. The highest BCUT2D eigenvalue weighted by molar-refractivity contribution is 5.70. The van der Waals surface area contributed by atoms with Crippen molar-refractivity contribution in [3.8, 4) is 0 Å². The van der Waals surface area contributed by atoms with Crippen LogP contribution in [-0.4, -0.2) is 54.3 Å². The number of aromatic nitrogens is 1. The fraction of sp³-hybridized carbons (Fsp3) is 0.667. The van der Waals surface area contributed by atoms with Gasteiger partial charge in [-0.2, -0.15) is 0 Å². The van der Waals surface area contributed by atoms with Crippen LogP contribution in [-0.2, 0) is 4.74 Å². The maximum atomic E-state index is 12.7. The number of pyridine rings is 1. The Labute approximate surface area is 144 Å². The quantitative estimate of drug-likeness (QED) is 0.902. The monoisotopic (exact) mass is 332 g/mol. The van der Waals surface area contributed by atoms with E-state index >= 15 is 0 Å². The molecule has 1 amide bonds. The summed E-state index contributed by atoms with van der Waals surface area (Å²) in [7, 11) is 0. The number of hydrogen-bond donors (Lipinski definition) is 1. The topological polar surface area (TPSA) is 57.7 Å². The predicted octanol–water partition coefficient (Wildman–Crippen LogP) is 2.56. The van der Waals surface area contributed by atoms with E-state index in [4.69, 9.17) is 4.74 Å². The molecule has 6 heteroatoms. The molecule has 3 heterocycles. The van der Waals surface area contributed by atoms with Gasteiger partial charge in [0, 0.05) is 44.5 Å². The average Bonchev–Trinajstić information content (AvgIpc) is 3.07. The smallest absolute Gasteiger partial charge is 0.410 e. The van der Waals surface area contributed by atoms with Gasteiger partial charge in [-0.3, -0.25) is 4.90 Å². The molecule has 2 fully saturated rings. The van der Waals surface area contributed by atoms with Crippen molar-refractivity contribution < 1.29 is 9.53 Å². The van der Waals surface area contributed by atoms with Crippen molar-refractivity contribution in [1.82, 2.24) is 15.2 Å². The molecule has 0 saturated carbocycles. The van der Waals surface area contributed by atoms with E-state index in [-0.39, 0.29) is 12.1 Å². The van der Waals surface area contributed by atoms with E-state index in [2.05, 4.69) is 21.3 Å². The van der Waals surface area contributed by atoms with E-state index in [0.717, 1.165) is 37.6 Å². The van der Waals surface area contributed by atoms with Gasteiger partial charge < -0.3 is 15.0 Å². The lowest BCUT2D eigenvalue weighted by Gasteiger charge is -2.38. The Bertz CT molecular complexity index is 579. The summed E-state index contributed by atoms with van der Waals surface area (Å²) < 4.78 is 5.62. The molecule has 1 atom stereocenters. The number of anilines is 1. The molecular formula is C18H28N4O2. The average molecular weight is 332 g/mol. The Morgan fingerprint density at radius 2 is 2.04 bits per heavy atom. The highest BCUT2D eigenvalue weighted by Crippen LogP contribution is 2.32. The maximum absolute atomic E-state index is 12.7. The van der Waals surface area contributed by atoms with E-state index < -0.39 is 5.60 Å². The predicted molar refractivity (Wildman–Crippen MR) is 94.2 cm³/mol. The zero-order valence-corrected chi connectivity index (χ0v) is 14.9. The normalized spacial score (nSPS) is 21.9. The first kappa shape index (κ1) is 17.0. The number of carbonyl (C=O) groups excluding carboxylic acids is 1. The first-order valence-electron chi connectivity index (χ1n) is 8.86. The summed E-state index contributed by atoms with van der Waals surface area (Å²) in [5, 5.41) is 3.40. The molecule has 3 rings (SSSR count). The number of nitrogens with zero attached hydrogens (tertiary/aromatic N) is 3. The Kier molecular flexibility index (Phi) is 4.94. The van der Waals surface area contributed by atoms with Crippen LogP contribution in [0.5, 0.6) is 0 Å². The van der Waals surface area contributed by atoms with Crippen LogP contribution in [0.4, 0.5) is 10.6 Å². The molecule has 1 aromatic heterocycles. The Hall–Kier alpha value is -1.82. The number of hydrogen-bond acceptors (Lipinski definition) is 5. The van der Waals surface area contributed by atoms with E-state index in [9.17, 15) is 4.79 Å². The highest BCUT2D eigenvalue weighted by atomic mass is 16.6. The Morgan fingerprint density at radius 1 is 1.29 bits per heavy atom. The zero-order valence-electron chi connectivity index (χ0n) is 14.9. The maximum Gasteiger partial charge on any atom is 0.410 e. The molecule has 2 aliphatic rings. The third-order valence-corrected chi connectivity index (χ3v) is 4.45. The first-order valence-corrected chi connectivity index (χ1v) is 8.86. The van der Waals surface area contributed by atoms with Gasteiger partial charge in [-0.1, -0.05) is 6.07 Å². The Morgan fingerprint density at radius 3 is 2.75 bits per heavy atom. The largest absolute Gasteiger partial charge is 0.444 e. The zero-order chi connectivity index (χ0) is 17.2. The summed E-state index contributed by atoms with van der Waals surface area (Å²) in [6.07, 6.45) is 4.00. The minimum atomic E-state index is -0.487. The van der Waals surface area contributed by atoms with Crippen molar-refractivity contribution in [3.05, 3.63) is 23.9 Å². The second kappa shape index (κ2) is 6.97. The molecule has 132 valence electrons. The van der Waals surface area contributed by atoms with Gasteiger partial charge in [0.1, 0.15) is 11.4 Å². The van der Waals surface area contributed by atoms with Gasteiger partial charge in [-0.25, -0.2) is 9.78 Å². The van der Waals surface area contributed by atoms with E-state index in [1.807, 2.05) is 37.9 Å². The van der Waals surface area contributed by atoms with Crippen LogP contribution in [0.15, 0.2) is 18.3 Å². The van der Waals surface area contributed by atoms with Crippen molar-refractivity contribution in [2.45, 2.75) is 45.3 Å². The van der Waals surface area contributed by atoms with Crippen molar-refractivity contribution in [3.63, 3.8) is 0 Å². The lowest BCUT2D eigenvalue weighted by Crippen LogP contribution is -2.50. The fourth-order valence-electron chi connectivity index (χ4n) is 3.38. The third kappa shape index (κ3) is 3.80. The summed E-state index contributed by atoms with van der Waals surface area (Å²) in [6, 6.07) is 4.00. The van der Waals surface area contributed by atoms with Gasteiger partial charge in [0.05, 0.1) is 6.04 Å². The van der Waals surface area contributed by atoms with Gasteiger partial charge in [-0.15, -0.1) is 0 Å². The summed E-state index contributed by atoms with van der Waals surface area (Å²) in [4.78, 5) is 21.5. The molecule has 2 saturated heterocycles. The molecule has 1 aromatic rings. The number of rotatable bonds is 2. The minimum absolute atomic E-state index is 0.0436. The van der Waals surface area contributed by atoms with Crippen molar-refractivity contribution in [1.29, 1.82) is 0 Å². The molecule has 24 heavy (non-hydrogen) atoms. The number of carbonyl (C=O) groups is 1. The molecule has 0 spiro atoms. The van der Waals surface area contributed by atoms with E-state index in [0.29, 0.717) is 6.54 Å². The fourth-order valence-corrected chi connectivity index (χ4v) is 3.38. The van der Waals surface area contributed by atoms with Crippen molar-refractivity contribution in [2.75, 3.05) is 37.6 Å². The first-order chi connectivity index (χ1) is 11.5. The van der Waals surface area contributed by atoms with Gasteiger partial charge in [0.25, 0.3) is 0 Å². The number of amides is 1. The lowest BCUT2D eigenvalue weighted by atomic mass is 10.0. The van der Waals surface area contributed by atoms with Gasteiger partial charge in [0.2, 0.25) is 0 Å². The highest BCUT2D eigenvalue weighted by Gasteiger charge is 2.34. The summed E-state index contributed by atoms with van der Waals surface area (Å²) >= 11 is 0. The second-order valence-corrected chi connectivity index (χ2v) is 7.50. The van der Waals surface area contributed by atoms with Crippen LogP contribution in [0.3, 0.4) is 0 Å². The molecule has 1 unspecified atom stereocenters. The molecule has 0 bridgehead atoms. The third-order valence-electron chi connectivity index (χ3n) is 4.45. The molecule has 6 nitrogen and oxygen atoms in total. The molecule has 0 aromatic carbocycles. The van der Waals surface area contributed by atoms with Crippen LogP contribution in [0.1, 0.15) is 45.2 Å². The molecule has 1 N–H and O–H groups in total. The van der Waals surface area contributed by atoms with Crippen LogP contribution < -0.4 is 10.2 Å². The Balaban J connectivity index is 1.87. The van der Waals surface area contributed by atoms with Crippen LogP contribution in [0.25, 0.3) is 0 Å². The number of ether oxygens (including phenoxy) is 1. The van der Waals surface area contributed by atoms with E-state index in [1.165, 1.54) is 12.8 Å². The number of nitrogens with one attached hydrogen (secondary N) is 1.